The smallest absolute Gasteiger partial charge is 0.266 e. The molecule has 1 heterocycles. The van der Waals surface area contributed by atoms with Gasteiger partial charge in [-0.1, -0.05) is 16.8 Å². The first kappa shape index (κ1) is 24.0. The number of hydrogen-bond donors (Lipinski definition) is 1. The molecule has 0 bridgehead atoms. The SMILES string of the molecule is N#Cc1ccc(-n2nnc(C(=O)NS(=O)(=O)c3c(F)cc(F)cc3F)c2C(F)(F)F)c(Cl)c1. The molecule has 2 aromatic carbocycles. The van der Waals surface area contributed by atoms with Crippen molar-refractivity contribution in [1.29, 1.82) is 5.26 Å². The van der Waals surface area contributed by atoms with Crippen LogP contribution in [0.1, 0.15) is 21.7 Å². The van der Waals surface area contributed by atoms with Gasteiger partial charge in [-0.05, 0) is 18.2 Å². The summed E-state index contributed by atoms with van der Waals surface area (Å²) in [5.74, 6) is -7.38. The Bertz CT molecular complexity index is 1410. The van der Waals surface area contributed by atoms with Crippen LogP contribution in [-0.4, -0.2) is 29.3 Å². The van der Waals surface area contributed by atoms with Crippen LogP contribution in [0.5, 0.6) is 0 Å². The van der Waals surface area contributed by atoms with E-state index in [-0.39, 0.29) is 27.4 Å². The summed E-state index contributed by atoms with van der Waals surface area (Å²) in [7, 11) is -5.44. The minimum Gasteiger partial charge on any atom is -0.266 e. The van der Waals surface area contributed by atoms with Crippen molar-refractivity contribution in [1.82, 2.24) is 19.7 Å². The number of sulfonamides is 1. The van der Waals surface area contributed by atoms with Crippen molar-refractivity contribution >= 4 is 27.5 Å². The van der Waals surface area contributed by atoms with Gasteiger partial charge in [0, 0.05) is 12.1 Å². The number of halogens is 7. The van der Waals surface area contributed by atoms with Gasteiger partial charge in [0.1, 0.15) is 17.5 Å². The van der Waals surface area contributed by atoms with E-state index in [2.05, 4.69) is 10.3 Å². The number of benzene rings is 2. The molecule has 1 N–H and O–H groups in total. The predicted octanol–water partition coefficient (Wildman–Crippen LogP) is 3.35. The van der Waals surface area contributed by atoms with E-state index >= 15 is 0 Å². The second kappa shape index (κ2) is 8.37. The molecule has 1 amide bonds. The van der Waals surface area contributed by atoms with Gasteiger partial charge in [-0.3, -0.25) is 4.79 Å². The third kappa shape index (κ3) is 4.61. The zero-order valence-corrected chi connectivity index (χ0v) is 17.0. The van der Waals surface area contributed by atoms with Crippen LogP contribution in [0.3, 0.4) is 0 Å². The highest BCUT2D eigenvalue weighted by Gasteiger charge is 2.43. The number of aromatic nitrogens is 3. The lowest BCUT2D eigenvalue weighted by molar-refractivity contribution is -0.143. The number of hydrogen-bond acceptors (Lipinski definition) is 6. The van der Waals surface area contributed by atoms with Gasteiger partial charge in [0.2, 0.25) is 0 Å². The summed E-state index contributed by atoms with van der Waals surface area (Å²) in [6.45, 7) is 0. The second-order valence-corrected chi connectivity index (χ2v) is 8.13. The zero-order chi connectivity index (χ0) is 24.7. The molecular weight excluding hydrogens is 504 g/mol. The van der Waals surface area contributed by atoms with Crippen molar-refractivity contribution in [3.05, 3.63) is 69.8 Å². The molecule has 1 aromatic heterocycles. The van der Waals surface area contributed by atoms with Gasteiger partial charge in [-0.15, -0.1) is 5.10 Å². The number of amides is 1. The van der Waals surface area contributed by atoms with Crippen molar-refractivity contribution in [2.75, 3.05) is 0 Å². The molecule has 172 valence electrons. The van der Waals surface area contributed by atoms with Gasteiger partial charge in [-0.25, -0.2) is 31.0 Å². The first-order valence-electron chi connectivity index (χ1n) is 8.21. The first-order chi connectivity index (χ1) is 15.3. The number of nitriles is 1. The van der Waals surface area contributed by atoms with E-state index in [1.165, 1.54) is 0 Å². The average Bonchev–Trinajstić information content (AvgIpc) is 3.11. The Morgan fingerprint density at radius 1 is 1.12 bits per heavy atom. The summed E-state index contributed by atoms with van der Waals surface area (Å²) in [6.07, 6.45) is -5.34. The van der Waals surface area contributed by atoms with Crippen molar-refractivity contribution in [3.63, 3.8) is 0 Å². The maximum atomic E-state index is 13.8. The van der Waals surface area contributed by atoms with E-state index in [4.69, 9.17) is 16.9 Å². The number of rotatable bonds is 4. The molecule has 0 aliphatic rings. The summed E-state index contributed by atoms with van der Waals surface area (Å²) in [5.41, 5.74) is -3.92. The predicted molar refractivity (Wildman–Crippen MR) is 97.1 cm³/mol. The minimum absolute atomic E-state index is 0.00750. The summed E-state index contributed by atoms with van der Waals surface area (Å²) >= 11 is 5.87. The molecule has 0 fully saturated rings. The quantitative estimate of drug-likeness (QED) is 0.539. The third-order valence-corrected chi connectivity index (χ3v) is 5.60. The number of carbonyl (C=O) groups is 1. The summed E-state index contributed by atoms with van der Waals surface area (Å²) in [5, 5.41) is 14.6. The number of carbonyl (C=O) groups excluding carboxylic acids is 1. The molecule has 3 aromatic rings. The van der Waals surface area contributed by atoms with Gasteiger partial charge in [-0.2, -0.15) is 18.4 Å². The van der Waals surface area contributed by atoms with Gasteiger partial charge in [0.25, 0.3) is 15.9 Å². The zero-order valence-electron chi connectivity index (χ0n) is 15.5. The van der Waals surface area contributed by atoms with E-state index in [1.54, 1.807) is 6.07 Å². The Labute approximate surface area is 185 Å². The third-order valence-electron chi connectivity index (χ3n) is 3.92. The van der Waals surface area contributed by atoms with E-state index in [0.717, 1.165) is 22.9 Å². The highest BCUT2D eigenvalue weighted by Crippen LogP contribution is 2.34. The van der Waals surface area contributed by atoms with Crippen LogP contribution in [0.2, 0.25) is 5.02 Å². The molecule has 0 unspecified atom stereocenters. The normalized spacial score (nSPS) is 11.8. The molecule has 0 spiro atoms. The number of alkyl halides is 3. The molecular formula is C17H6ClF6N5O3S. The molecule has 0 radical (unpaired) electrons. The molecule has 0 atom stereocenters. The monoisotopic (exact) mass is 509 g/mol. The van der Waals surface area contributed by atoms with E-state index < -0.39 is 61.5 Å². The topological polar surface area (TPSA) is 118 Å². The minimum atomic E-state index is -5.44. The Morgan fingerprint density at radius 3 is 2.24 bits per heavy atom. The molecule has 16 heteroatoms. The Hall–Kier alpha value is -3.64. The lowest BCUT2D eigenvalue weighted by atomic mass is 10.2. The van der Waals surface area contributed by atoms with Gasteiger partial charge in [0.05, 0.1) is 22.3 Å². The Balaban J connectivity index is 2.09. The van der Waals surface area contributed by atoms with Gasteiger partial charge in [0.15, 0.2) is 16.3 Å². The molecule has 0 aliphatic carbocycles. The molecule has 0 saturated carbocycles. The van der Waals surface area contributed by atoms with Gasteiger partial charge >= 0.3 is 6.18 Å². The van der Waals surface area contributed by atoms with Crippen molar-refractivity contribution in [3.8, 4) is 11.8 Å². The molecule has 33 heavy (non-hydrogen) atoms. The van der Waals surface area contributed by atoms with Crippen LogP contribution in [-0.2, 0) is 16.2 Å². The maximum absolute atomic E-state index is 13.8. The second-order valence-electron chi connectivity index (χ2n) is 6.11. The standard InChI is InChI=1S/C17H6ClF6N5O3S/c18-9-3-7(6-25)1-2-12(9)29-15(17(22,23)24)13(26-28-29)16(30)27-33(31,32)14-10(20)4-8(19)5-11(14)21/h1-5H,(H,27,30). The lowest BCUT2D eigenvalue weighted by Crippen LogP contribution is -2.33. The fourth-order valence-electron chi connectivity index (χ4n) is 2.61. The van der Waals surface area contributed by atoms with Crippen molar-refractivity contribution in [2.24, 2.45) is 0 Å². The Morgan fingerprint density at radius 2 is 1.73 bits per heavy atom. The van der Waals surface area contributed by atoms with Gasteiger partial charge < -0.3 is 0 Å². The number of nitrogens with zero attached hydrogens (tertiary/aromatic N) is 4. The highest BCUT2D eigenvalue weighted by atomic mass is 35.5. The summed E-state index contributed by atoms with van der Waals surface area (Å²) in [4.78, 5) is 10.5. The van der Waals surface area contributed by atoms with Crippen LogP contribution in [0.15, 0.2) is 35.2 Å². The molecule has 0 aliphatic heterocycles. The summed E-state index contributed by atoms with van der Waals surface area (Å²) in [6, 6.07) is 4.74. The van der Waals surface area contributed by atoms with Crippen LogP contribution < -0.4 is 4.72 Å². The lowest BCUT2D eigenvalue weighted by Gasteiger charge is -2.13. The maximum Gasteiger partial charge on any atom is 0.435 e. The molecule has 8 nitrogen and oxygen atoms in total. The van der Waals surface area contributed by atoms with Crippen LogP contribution in [0.25, 0.3) is 5.69 Å². The van der Waals surface area contributed by atoms with Crippen LogP contribution >= 0.6 is 11.6 Å². The molecule has 3 rings (SSSR count). The fourth-order valence-corrected chi connectivity index (χ4v) is 3.95. The Kier molecular flexibility index (Phi) is 6.09. The largest absolute Gasteiger partial charge is 0.435 e. The van der Waals surface area contributed by atoms with Crippen LogP contribution in [0, 0.1) is 28.8 Å². The first-order valence-corrected chi connectivity index (χ1v) is 10.1. The van der Waals surface area contributed by atoms with E-state index in [1.807, 2.05) is 0 Å². The number of nitrogens with one attached hydrogen (secondary N) is 1. The highest BCUT2D eigenvalue weighted by molar-refractivity contribution is 7.90. The van der Waals surface area contributed by atoms with Crippen molar-refractivity contribution in [2.45, 2.75) is 11.1 Å². The van der Waals surface area contributed by atoms with E-state index in [0.29, 0.717) is 0 Å². The molecule has 0 saturated heterocycles. The van der Waals surface area contributed by atoms with Crippen molar-refractivity contribution < 1.29 is 39.6 Å². The fraction of sp³-hybridized carbons (Fsp3) is 0.0588. The summed E-state index contributed by atoms with van der Waals surface area (Å²) < 4.78 is 107. The average molecular weight is 510 g/mol. The van der Waals surface area contributed by atoms with Crippen LogP contribution in [0.4, 0.5) is 26.3 Å². The van der Waals surface area contributed by atoms with E-state index in [9.17, 15) is 39.6 Å².